The van der Waals surface area contributed by atoms with Crippen LogP contribution in [0, 0.1) is 5.82 Å². The predicted molar refractivity (Wildman–Crippen MR) is 100 cm³/mol. The standard InChI is InChI=1S/C20H31FN2O3/c1-3-22(4-2)13-15-26-20-16-23(12-10-19(20)24)11-5-14-25-18-8-6-17(21)7-9-18/h6-9,20H,3-5,10-16H2,1-2H3. The van der Waals surface area contributed by atoms with Crippen molar-refractivity contribution < 1.29 is 18.7 Å². The Bertz CT molecular complexity index is 534. The van der Waals surface area contributed by atoms with Crippen LogP contribution in [0.15, 0.2) is 24.3 Å². The van der Waals surface area contributed by atoms with Gasteiger partial charge in [-0.25, -0.2) is 4.39 Å². The van der Waals surface area contributed by atoms with Crippen LogP contribution in [0.25, 0.3) is 0 Å². The van der Waals surface area contributed by atoms with Gasteiger partial charge < -0.3 is 14.4 Å². The van der Waals surface area contributed by atoms with Gasteiger partial charge in [0.25, 0.3) is 0 Å². The highest BCUT2D eigenvalue weighted by atomic mass is 19.1. The van der Waals surface area contributed by atoms with Gasteiger partial charge in [0.2, 0.25) is 0 Å². The summed E-state index contributed by atoms with van der Waals surface area (Å²) < 4.78 is 24.3. The molecular formula is C20H31FN2O3. The number of ether oxygens (including phenoxy) is 2. The zero-order chi connectivity index (χ0) is 18.8. The van der Waals surface area contributed by atoms with Crippen molar-refractivity contribution in [3.63, 3.8) is 0 Å². The molecule has 1 atom stereocenters. The second-order valence-corrected chi connectivity index (χ2v) is 6.56. The van der Waals surface area contributed by atoms with Crippen LogP contribution in [-0.4, -0.2) is 74.2 Å². The lowest BCUT2D eigenvalue weighted by Gasteiger charge is -2.32. The molecule has 2 rings (SSSR count). The first-order chi connectivity index (χ1) is 12.6. The number of hydrogen-bond donors (Lipinski definition) is 0. The van der Waals surface area contributed by atoms with Gasteiger partial charge in [0, 0.05) is 32.6 Å². The van der Waals surface area contributed by atoms with Crippen LogP contribution < -0.4 is 4.74 Å². The number of benzene rings is 1. The first kappa shape index (κ1) is 20.8. The zero-order valence-electron chi connectivity index (χ0n) is 16.0. The summed E-state index contributed by atoms with van der Waals surface area (Å²) in [6.45, 7) is 10.6. The molecule has 0 radical (unpaired) electrons. The molecule has 146 valence electrons. The molecule has 6 heteroatoms. The number of rotatable bonds is 11. The lowest BCUT2D eigenvalue weighted by atomic mass is 10.1. The summed E-state index contributed by atoms with van der Waals surface area (Å²) in [7, 11) is 0. The SMILES string of the molecule is CCN(CC)CCOC1CN(CCCOc2ccc(F)cc2)CCC1=O. The Morgan fingerprint density at radius 3 is 2.62 bits per heavy atom. The van der Waals surface area contributed by atoms with E-state index in [-0.39, 0.29) is 17.7 Å². The summed E-state index contributed by atoms with van der Waals surface area (Å²) in [4.78, 5) is 16.6. The Hall–Kier alpha value is -1.50. The summed E-state index contributed by atoms with van der Waals surface area (Å²) in [6.07, 6.45) is 1.10. The maximum absolute atomic E-state index is 12.9. The molecule has 1 aliphatic heterocycles. The van der Waals surface area contributed by atoms with Gasteiger partial charge in [-0.2, -0.15) is 0 Å². The Kier molecular flexibility index (Phi) is 9.01. The monoisotopic (exact) mass is 366 g/mol. The fourth-order valence-electron chi connectivity index (χ4n) is 3.08. The highest BCUT2D eigenvalue weighted by Crippen LogP contribution is 2.13. The average molecular weight is 366 g/mol. The largest absolute Gasteiger partial charge is 0.494 e. The molecule has 26 heavy (non-hydrogen) atoms. The number of likely N-dealkylation sites (N-methyl/N-ethyl adjacent to an activating group) is 1. The molecule has 0 aliphatic carbocycles. The minimum Gasteiger partial charge on any atom is -0.494 e. The molecule has 1 aliphatic rings. The van der Waals surface area contributed by atoms with E-state index >= 15 is 0 Å². The molecule has 0 spiro atoms. The van der Waals surface area contributed by atoms with Crippen molar-refractivity contribution in [1.29, 1.82) is 0 Å². The first-order valence-electron chi connectivity index (χ1n) is 9.59. The van der Waals surface area contributed by atoms with Gasteiger partial charge in [0.05, 0.1) is 13.2 Å². The van der Waals surface area contributed by atoms with E-state index in [2.05, 4.69) is 23.6 Å². The topological polar surface area (TPSA) is 42.0 Å². The van der Waals surface area contributed by atoms with Crippen molar-refractivity contribution in [3.8, 4) is 5.75 Å². The second kappa shape index (κ2) is 11.3. The van der Waals surface area contributed by atoms with Crippen molar-refractivity contribution in [1.82, 2.24) is 9.80 Å². The van der Waals surface area contributed by atoms with Crippen LogP contribution in [0.5, 0.6) is 5.75 Å². The third kappa shape index (κ3) is 7.02. The normalized spacial score (nSPS) is 18.5. The molecule has 0 saturated carbocycles. The van der Waals surface area contributed by atoms with E-state index in [1.807, 2.05) is 0 Å². The van der Waals surface area contributed by atoms with E-state index in [4.69, 9.17) is 9.47 Å². The van der Waals surface area contributed by atoms with Gasteiger partial charge in [-0.3, -0.25) is 9.69 Å². The summed E-state index contributed by atoms with van der Waals surface area (Å²) >= 11 is 0. The molecule has 1 unspecified atom stereocenters. The minimum atomic E-state index is -0.308. The van der Waals surface area contributed by atoms with Gasteiger partial charge in [-0.1, -0.05) is 13.8 Å². The second-order valence-electron chi connectivity index (χ2n) is 6.56. The number of likely N-dealkylation sites (tertiary alicyclic amines) is 1. The van der Waals surface area contributed by atoms with Crippen LogP contribution in [0.1, 0.15) is 26.7 Å². The quantitative estimate of drug-likeness (QED) is 0.563. The van der Waals surface area contributed by atoms with Crippen molar-refractivity contribution in [3.05, 3.63) is 30.1 Å². The van der Waals surface area contributed by atoms with Crippen LogP contribution in [0.4, 0.5) is 4.39 Å². The predicted octanol–water partition coefficient (Wildman–Crippen LogP) is 2.60. The maximum Gasteiger partial charge on any atom is 0.164 e. The molecule has 0 aromatic heterocycles. The van der Waals surface area contributed by atoms with E-state index in [0.29, 0.717) is 31.9 Å². The highest BCUT2D eigenvalue weighted by Gasteiger charge is 2.27. The number of carbonyl (C=O) groups is 1. The Morgan fingerprint density at radius 1 is 1.19 bits per heavy atom. The Labute approximate surface area is 156 Å². The van der Waals surface area contributed by atoms with Crippen molar-refractivity contribution >= 4 is 5.78 Å². The highest BCUT2D eigenvalue weighted by molar-refractivity contribution is 5.84. The van der Waals surface area contributed by atoms with Crippen molar-refractivity contribution in [2.75, 3.05) is 52.5 Å². The maximum atomic E-state index is 12.9. The average Bonchev–Trinajstić information content (AvgIpc) is 2.66. The number of ketones is 1. The molecule has 1 heterocycles. The molecule has 0 N–H and O–H groups in total. The number of carbonyl (C=O) groups excluding carboxylic acids is 1. The molecule has 1 fully saturated rings. The molecule has 1 aromatic carbocycles. The molecule has 1 aromatic rings. The van der Waals surface area contributed by atoms with Gasteiger partial charge in [0.15, 0.2) is 5.78 Å². The first-order valence-corrected chi connectivity index (χ1v) is 9.59. The molecular weight excluding hydrogens is 335 g/mol. The van der Waals surface area contributed by atoms with Gasteiger partial charge in [-0.15, -0.1) is 0 Å². The zero-order valence-corrected chi connectivity index (χ0v) is 16.0. The van der Waals surface area contributed by atoms with Crippen LogP contribution in [-0.2, 0) is 9.53 Å². The van der Waals surface area contributed by atoms with Gasteiger partial charge >= 0.3 is 0 Å². The molecule has 0 bridgehead atoms. The minimum absolute atomic E-state index is 0.211. The smallest absolute Gasteiger partial charge is 0.164 e. The lowest BCUT2D eigenvalue weighted by molar-refractivity contribution is -0.136. The van der Waals surface area contributed by atoms with Crippen LogP contribution in [0.2, 0.25) is 0 Å². The Morgan fingerprint density at radius 2 is 1.92 bits per heavy atom. The summed E-state index contributed by atoms with van der Waals surface area (Å²) in [6, 6.07) is 6.06. The van der Waals surface area contributed by atoms with Gasteiger partial charge in [0.1, 0.15) is 17.7 Å². The molecule has 0 amide bonds. The van der Waals surface area contributed by atoms with E-state index in [1.54, 1.807) is 12.1 Å². The number of Topliss-reactive ketones (excluding diaryl/α,β-unsaturated/α-hetero) is 1. The number of piperidine rings is 1. The van der Waals surface area contributed by atoms with Crippen LogP contribution >= 0.6 is 0 Å². The molecule has 1 saturated heterocycles. The lowest BCUT2D eigenvalue weighted by Crippen LogP contribution is -2.46. The third-order valence-corrected chi connectivity index (χ3v) is 4.78. The van der Waals surface area contributed by atoms with Crippen molar-refractivity contribution in [2.45, 2.75) is 32.8 Å². The Balaban J connectivity index is 1.65. The number of nitrogens with zero attached hydrogens (tertiary/aromatic N) is 2. The summed E-state index contributed by atoms with van der Waals surface area (Å²) in [5.41, 5.74) is 0. The van der Waals surface area contributed by atoms with Crippen molar-refractivity contribution in [2.24, 2.45) is 0 Å². The number of halogens is 1. The third-order valence-electron chi connectivity index (χ3n) is 4.78. The van der Waals surface area contributed by atoms with E-state index in [0.717, 1.165) is 39.1 Å². The van der Waals surface area contributed by atoms with E-state index in [9.17, 15) is 9.18 Å². The molecule has 5 nitrogen and oxygen atoms in total. The van der Waals surface area contributed by atoms with E-state index < -0.39 is 0 Å². The summed E-state index contributed by atoms with van der Waals surface area (Å²) in [5.74, 6) is 0.628. The summed E-state index contributed by atoms with van der Waals surface area (Å²) in [5, 5.41) is 0. The van der Waals surface area contributed by atoms with Crippen LogP contribution in [0.3, 0.4) is 0 Å². The number of hydrogen-bond acceptors (Lipinski definition) is 5. The fourth-order valence-corrected chi connectivity index (χ4v) is 3.08. The fraction of sp³-hybridized carbons (Fsp3) is 0.650. The van der Waals surface area contributed by atoms with Gasteiger partial charge in [-0.05, 0) is 43.8 Å². The van der Waals surface area contributed by atoms with E-state index in [1.165, 1.54) is 12.1 Å².